The van der Waals surface area contributed by atoms with Crippen molar-refractivity contribution in [3.8, 4) is 0 Å². The van der Waals surface area contributed by atoms with Gasteiger partial charge in [-0.25, -0.2) is 9.97 Å². The van der Waals surface area contributed by atoms with Crippen LogP contribution in [0.25, 0.3) is 0 Å². The number of aromatic nitrogens is 2. The van der Waals surface area contributed by atoms with E-state index in [4.69, 9.17) is 4.74 Å². The predicted molar refractivity (Wildman–Crippen MR) is 70.9 cm³/mol. The molecule has 1 saturated heterocycles. The normalized spacial score (nSPS) is 19.2. The minimum absolute atomic E-state index is 0.0742. The standard InChI is InChI=1S/C13H18N2O2S/c1-8-9(2)14-13(15-10(8)3)18-7-12(16)11-4-5-17-6-11/h11H,4-7H2,1-3H3. The van der Waals surface area contributed by atoms with Gasteiger partial charge in [0.1, 0.15) is 5.78 Å². The van der Waals surface area contributed by atoms with E-state index in [0.29, 0.717) is 24.1 Å². The largest absolute Gasteiger partial charge is 0.381 e. The molecule has 2 rings (SSSR count). The third-order valence-corrected chi connectivity index (χ3v) is 4.21. The van der Waals surface area contributed by atoms with Crippen molar-refractivity contribution < 1.29 is 9.53 Å². The van der Waals surface area contributed by atoms with Crippen LogP contribution in [0.5, 0.6) is 0 Å². The summed E-state index contributed by atoms with van der Waals surface area (Å²) < 4.78 is 5.22. The SMILES string of the molecule is Cc1nc(SCC(=O)C2CCOC2)nc(C)c1C. The fourth-order valence-corrected chi connectivity index (χ4v) is 2.76. The number of Topliss-reactive ketones (excluding diaryl/α,β-unsaturated/α-hetero) is 1. The van der Waals surface area contributed by atoms with Crippen LogP contribution in [-0.2, 0) is 9.53 Å². The second-order valence-corrected chi connectivity index (χ2v) is 5.56. The second kappa shape index (κ2) is 5.80. The van der Waals surface area contributed by atoms with Gasteiger partial charge >= 0.3 is 0 Å². The van der Waals surface area contributed by atoms with E-state index < -0.39 is 0 Å². The highest BCUT2D eigenvalue weighted by atomic mass is 32.2. The maximum absolute atomic E-state index is 11.9. The van der Waals surface area contributed by atoms with Gasteiger partial charge < -0.3 is 4.74 Å². The number of carbonyl (C=O) groups excluding carboxylic acids is 1. The molecule has 1 aromatic heterocycles. The predicted octanol–water partition coefficient (Wildman–Crippen LogP) is 2.10. The Balaban J connectivity index is 1.95. The lowest BCUT2D eigenvalue weighted by molar-refractivity contribution is -0.120. The molecule has 1 unspecified atom stereocenters. The molecule has 0 spiro atoms. The van der Waals surface area contributed by atoms with Gasteiger partial charge in [-0.3, -0.25) is 4.79 Å². The summed E-state index contributed by atoms with van der Waals surface area (Å²) in [5.41, 5.74) is 3.10. The Hall–Kier alpha value is -0.940. The fourth-order valence-electron chi connectivity index (χ4n) is 1.85. The summed E-state index contributed by atoms with van der Waals surface area (Å²) in [6.45, 7) is 7.24. The Bertz CT molecular complexity index is 433. The quantitative estimate of drug-likeness (QED) is 0.617. The van der Waals surface area contributed by atoms with Gasteiger partial charge in [0, 0.05) is 23.9 Å². The van der Waals surface area contributed by atoms with Crippen LogP contribution >= 0.6 is 11.8 Å². The number of carbonyl (C=O) groups is 1. The minimum Gasteiger partial charge on any atom is -0.381 e. The minimum atomic E-state index is 0.0742. The number of aryl methyl sites for hydroxylation is 2. The summed E-state index contributed by atoms with van der Waals surface area (Å²) in [6, 6.07) is 0. The first-order valence-electron chi connectivity index (χ1n) is 6.13. The molecule has 1 aliphatic heterocycles. The van der Waals surface area contributed by atoms with Gasteiger partial charge in [-0.1, -0.05) is 11.8 Å². The van der Waals surface area contributed by atoms with Crippen LogP contribution in [0.4, 0.5) is 0 Å². The molecular formula is C13H18N2O2S. The van der Waals surface area contributed by atoms with Crippen molar-refractivity contribution in [3.05, 3.63) is 17.0 Å². The zero-order valence-electron chi connectivity index (χ0n) is 11.0. The fraction of sp³-hybridized carbons (Fsp3) is 0.615. The molecule has 1 fully saturated rings. The Morgan fingerprint density at radius 3 is 2.56 bits per heavy atom. The Kier molecular flexibility index (Phi) is 4.35. The molecule has 0 N–H and O–H groups in total. The lowest BCUT2D eigenvalue weighted by atomic mass is 10.1. The van der Waals surface area contributed by atoms with Crippen molar-refractivity contribution in [2.45, 2.75) is 32.3 Å². The molecule has 0 aromatic carbocycles. The molecule has 5 heteroatoms. The molecule has 1 aliphatic rings. The van der Waals surface area contributed by atoms with Crippen molar-refractivity contribution in [2.24, 2.45) is 5.92 Å². The van der Waals surface area contributed by atoms with Gasteiger partial charge in [-0.05, 0) is 32.8 Å². The van der Waals surface area contributed by atoms with Crippen LogP contribution in [0.1, 0.15) is 23.4 Å². The van der Waals surface area contributed by atoms with Gasteiger partial charge in [0.05, 0.1) is 12.4 Å². The number of ketones is 1. The molecule has 2 heterocycles. The summed E-state index contributed by atoms with van der Waals surface area (Å²) >= 11 is 1.43. The Labute approximate surface area is 112 Å². The summed E-state index contributed by atoms with van der Waals surface area (Å²) in [4.78, 5) is 20.7. The molecule has 0 amide bonds. The average molecular weight is 266 g/mol. The third-order valence-electron chi connectivity index (χ3n) is 3.34. The van der Waals surface area contributed by atoms with Crippen LogP contribution in [0.2, 0.25) is 0 Å². The molecule has 0 aliphatic carbocycles. The molecule has 18 heavy (non-hydrogen) atoms. The third kappa shape index (κ3) is 3.09. The highest BCUT2D eigenvalue weighted by Gasteiger charge is 2.23. The highest BCUT2D eigenvalue weighted by Crippen LogP contribution is 2.21. The Morgan fingerprint density at radius 2 is 2.00 bits per heavy atom. The topological polar surface area (TPSA) is 52.1 Å². The highest BCUT2D eigenvalue weighted by molar-refractivity contribution is 7.99. The summed E-state index contributed by atoms with van der Waals surface area (Å²) in [7, 11) is 0. The zero-order chi connectivity index (χ0) is 13.1. The molecule has 0 radical (unpaired) electrons. The van der Waals surface area contributed by atoms with Crippen LogP contribution < -0.4 is 0 Å². The van der Waals surface area contributed by atoms with Gasteiger partial charge in [0.25, 0.3) is 0 Å². The van der Waals surface area contributed by atoms with E-state index in [2.05, 4.69) is 9.97 Å². The number of nitrogens with zero attached hydrogens (tertiary/aromatic N) is 2. The van der Waals surface area contributed by atoms with E-state index in [1.54, 1.807) is 0 Å². The summed E-state index contributed by atoms with van der Waals surface area (Å²) in [5.74, 6) is 0.762. The van der Waals surface area contributed by atoms with Crippen molar-refractivity contribution in [2.75, 3.05) is 19.0 Å². The van der Waals surface area contributed by atoms with E-state index in [1.807, 2.05) is 20.8 Å². The number of thioether (sulfide) groups is 1. The summed E-state index contributed by atoms with van der Waals surface area (Å²) in [6.07, 6.45) is 0.853. The first-order chi connectivity index (χ1) is 8.58. The van der Waals surface area contributed by atoms with E-state index in [-0.39, 0.29) is 11.7 Å². The molecule has 1 atom stereocenters. The van der Waals surface area contributed by atoms with Crippen LogP contribution in [-0.4, -0.2) is 34.7 Å². The molecular weight excluding hydrogens is 248 g/mol. The molecule has 98 valence electrons. The molecule has 0 saturated carbocycles. The van der Waals surface area contributed by atoms with E-state index in [0.717, 1.165) is 23.4 Å². The molecule has 4 nitrogen and oxygen atoms in total. The Morgan fingerprint density at radius 1 is 1.33 bits per heavy atom. The molecule has 0 bridgehead atoms. The lowest BCUT2D eigenvalue weighted by Gasteiger charge is -2.08. The van der Waals surface area contributed by atoms with Gasteiger partial charge in [0.15, 0.2) is 5.16 Å². The maximum Gasteiger partial charge on any atom is 0.188 e. The number of ether oxygens (including phenoxy) is 1. The van der Waals surface area contributed by atoms with Crippen LogP contribution in [0.3, 0.4) is 0 Å². The van der Waals surface area contributed by atoms with E-state index >= 15 is 0 Å². The first kappa shape index (κ1) is 13.5. The van der Waals surface area contributed by atoms with Crippen molar-refractivity contribution >= 4 is 17.5 Å². The monoisotopic (exact) mass is 266 g/mol. The van der Waals surface area contributed by atoms with Crippen molar-refractivity contribution in [1.82, 2.24) is 9.97 Å². The summed E-state index contributed by atoms with van der Waals surface area (Å²) in [5, 5.41) is 0.697. The van der Waals surface area contributed by atoms with Gasteiger partial charge in [0.2, 0.25) is 0 Å². The molecule has 1 aromatic rings. The van der Waals surface area contributed by atoms with Crippen LogP contribution in [0, 0.1) is 26.7 Å². The lowest BCUT2D eigenvalue weighted by Crippen LogP contribution is -2.16. The second-order valence-electron chi connectivity index (χ2n) is 4.62. The van der Waals surface area contributed by atoms with Crippen molar-refractivity contribution in [1.29, 1.82) is 0 Å². The number of hydrogen-bond acceptors (Lipinski definition) is 5. The van der Waals surface area contributed by atoms with Gasteiger partial charge in [-0.15, -0.1) is 0 Å². The van der Waals surface area contributed by atoms with Crippen molar-refractivity contribution in [3.63, 3.8) is 0 Å². The first-order valence-corrected chi connectivity index (χ1v) is 7.11. The maximum atomic E-state index is 11.9. The van der Waals surface area contributed by atoms with Gasteiger partial charge in [-0.2, -0.15) is 0 Å². The smallest absolute Gasteiger partial charge is 0.188 e. The van der Waals surface area contributed by atoms with E-state index in [9.17, 15) is 4.79 Å². The van der Waals surface area contributed by atoms with E-state index in [1.165, 1.54) is 11.8 Å². The number of rotatable bonds is 4. The zero-order valence-corrected chi connectivity index (χ0v) is 11.8. The number of hydrogen-bond donors (Lipinski definition) is 0. The average Bonchev–Trinajstić information content (AvgIpc) is 2.86. The van der Waals surface area contributed by atoms with Crippen LogP contribution in [0.15, 0.2) is 5.16 Å².